The van der Waals surface area contributed by atoms with Crippen molar-refractivity contribution >= 4 is 21.7 Å². The van der Waals surface area contributed by atoms with E-state index in [4.69, 9.17) is 4.74 Å². The van der Waals surface area contributed by atoms with Crippen LogP contribution in [-0.2, 0) is 21.2 Å². The van der Waals surface area contributed by atoms with E-state index in [9.17, 15) is 13.2 Å². The second kappa shape index (κ2) is 7.69. The fourth-order valence-electron chi connectivity index (χ4n) is 2.36. The van der Waals surface area contributed by atoms with Crippen molar-refractivity contribution in [2.45, 2.75) is 45.1 Å². The summed E-state index contributed by atoms with van der Waals surface area (Å²) in [6, 6.07) is 7.09. The first-order chi connectivity index (χ1) is 11.8. The van der Waals surface area contributed by atoms with Crippen LogP contribution in [0.4, 0.5) is 5.69 Å². The Kier molecular flexibility index (Phi) is 5.84. The molecule has 0 aliphatic rings. The lowest BCUT2D eigenvalue weighted by Gasteiger charge is -2.10. The molecule has 2 aromatic rings. The van der Waals surface area contributed by atoms with Gasteiger partial charge in [-0.1, -0.05) is 32.9 Å². The molecule has 2 N–H and O–H groups in total. The van der Waals surface area contributed by atoms with Gasteiger partial charge in [0.2, 0.25) is 5.03 Å². The summed E-state index contributed by atoms with van der Waals surface area (Å²) in [5, 5.41) is 6.09. The maximum atomic E-state index is 12.7. The lowest BCUT2D eigenvalue weighted by atomic mass is 10.0. The lowest BCUT2D eigenvalue weighted by Crippen LogP contribution is -2.18. The molecule has 1 heterocycles. The molecule has 0 saturated carbocycles. The van der Waals surface area contributed by atoms with Gasteiger partial charge in [-0.05, 0) is 37.0 Å². The number of rotatable bonds is 7. The zero-order valence-corrected chi connectivity index (χ0v) is 15.6. The molecule has 25 heavy (non-hydrogen) atoms. The van der Waals surface area contributed by atoms with Gasteiger partial charge in [-0.3, -0.25) is 9.82 Å². The topological polar surface area (TPSA) is 101 Å². The molecule has 1 aromatic carbocycles. The molecule has 0 atom stereocenters. The summed E-state index contributed by atoms with van der Waals surface area (Å²) in [4.78, 5) is 12.2. The van der Waals surface area contributed by atoms with Crippen molar-refractivity contribution in [3.8, 4) is 0 Å². The minimum Gasteiger partial charge on any atom is -0.462 e. The van der Waals surface area contributed by atoms with Crippen LogP contribution in [-0.4, -0.2) is 31.2 Å². The third-order valence-corrected chi connectivity index (χ3v) is 5.03. The molecule has 0 aliphatic heterocycles. The second-order valence-electron chi connectivity index (χ2n) is 5.84. The van der Waals surface area contributed by atoms with Crippen LogP contribution in [0.25, 0.3) is 0 Å². The summed E-state index contributed by atoms with van der Waals surface area (Å²) in [6.45, 7) is 7.72. The van der Waals surface area contributed by atoms with Gasteiger partial charge in [0.15, 0.2) is 0 Å². The highest BCUT2D eigenvalue weighted by Gasteiger charge is 2.30. The quantitative estimate of drug-likeness (QED) is 0.734. The van der Waals surface area contributed by atoms with E-state index >= 15 is 0 Å². The molecular weight excluding hydrogens is 342 g/mol. The Bertz CT molecular complexity index is 839. The van der Waals surface area contributed by atoms with E-state index in [0.717, 1.165) is 5.56 Å². The molecule has 8 heteroatoms. The molecule has 0 radical (unpaired) electrons. The number of carbonyl (C=O) groups excluding carboxylic acids is 1. The fraction of sp³-hybridized carbons (Fsp3) is 0.412. The SMILES string of the molecule is CCOC(=O)c1c(S(=O)(=O)Nc2ccc(C(C)C)cc2)n[nH]c1CC. The number of benzene rings is 1. The largest absolute Gasteiger partial charge is 0.462 e. The minimum atomic E-state index is -4.02. The number of nitrogens with one attached hydrogen (secondary N) is 2. The molecule has 0 saturated heterocycles. The minimum absolute atomic E-state index is 0.0457. The molecule has 7 nitrogen and oxygen atoms in total. The molecule has 0 aliphatic carbocycles. The maximum Gasteiger partial charge on any atom is 0.343 e. The van der Waals surface area contributed by atoms with Gasteiger partial charge in [-0.2, -0.15) is 13.5 Å². The van der Waals surface area contributed by atoms with Gasteiger partial charge in [-0.25, -0.2) is 4.79 Å². The number of hydrogen-bond acceptors (Lipinski definition) is 5. The highest BCUT2D eigenvalue weighted by molar-refractivity contribution is 7.92. The van der Waals surface area contributed by atoms with Crippen LogP contribution < -0.4 is 4.72 Å². The number of carbonyl (C=O) groups is 1. The average Bonchev–Trinajstić information content (AvgIpc) is 3.00. The maximum absolute atomic E-state index is 12.7. The van der Waals surface area contributed by atoms with Crippen molar-refractivity contribution in [2.24, 2.45) is 0 Å². The zero-order chi connectivity index (χ0) is 18.6. The number of aromatic amines is 1. The summed E-state index contributed by atoms with van der Waals surface area (Å²) < 4.78 is 32.8. The number of H-pyrrole nitrogens is 1. The first-order valence-corrected chi connectivity index (χ1v) is 9.65. The van der Waals surface area contributed by atoms with Gasteiger partial charge in [-0.15, -0.1) is 0 Å². The van der Waals surface area contributed by atoms with Crippen molar-refractivity contribution in [1.29, 1.82) is 0 Å². The Balaban J connectivity index is 2.36. The van der Waals surface area contributed by atoms with Gasteiger partial charge in [0.1, 0.15) is 5.56 Å². The van der Waals surface area contributed by atoms with E-state index in [1.165, 1.54) is 0 Å². The van der Waals surface area contributed by atoms with Gasteiger partial charge in [0, 0.05) is 5.69 Å². The predicted octanol–water partition coefficient (Wildman–Crippen LogP) is 3.07. The first-order valence-electron chi connectivity index (χ1n) is 8.17. The van der Waals surface area contributed by atoms with Crippen LogP contribution in [0.2, 0.25) is 0 Å². The smallest absolute Gasteiger partial charge is 0.343 e. The van der Waals surface area contributed by atoms with E-state index in [-0.39, 0.29) is 17.2 Å². The number of esters is 1. The van der Waals surface area contributed by atoms with Crippen LogP contribution in [0.5, 0.6) is 0 Å². The molecule has 1 aromatic heterocycles. The summed E-state index contributed by atoms with van der Waals surface area (Å²) in [5.74, 6) is -0.358. The van der Waals surface area contributed by atoms with E-state index in [1.807, 2.05) is 12.1 Å². The normalized spacial score (nSPS) is 11.6. The number of aryl methyl sites for hydroxylation is 1. The highest BCUT2D eigenvalue weighted by atomic mass is 32.2. The highest BCUT2D eigenvalue weighted by Crippen LogP contribution is 2.23. The van der Waals surface area contributed by atoms with E-state index in [2.05, 4.69) is 28.8 Å². The van der Waals surface area contributed by atoms with Crippen molar-refractivity contribution in [3.63, 3.8) is 0 Å². The Morgan fingerprint density at radius 1 is 1.24 bits per heavy atom. The van der Waals surface area contributed by atoms with Crippen molar-refractivity contribution in [1.82, 2.24) is 10.2 Å². The number of sulfonamides is 1. The lowest BCUT2D eigenvalue weighted by molar-refractivity contribution is 0.0520. The summed E-state index contributed by atoms with van der Waals surface area (Å²) in [5.41, 5.74) is 1.88. The number of ether oxygens (including phenoxy) is 1. The molecule has 136 valence electrons. The van der Waals surface area contributed by atoms with Crippen LogP contribution in [0.1, 0.15) is 55.2 Å². The molecule has 0 bridgehead atoms. The zero-order valence-electron chi connectivity index (χ0n) is 14.8. The first kappa shape index (κ1) is 19.0. The van der Waals surface area contributed by atoms with Crippen molar-refractivity contribution in [2.75, 3.05) is 11.3 Å². The Morgan fingerprint density at radius 2 is 1.88 bits per heavy atom. The third-order valence-electron chi connectivity index (χ3n) is 3.73. The Labute approximate surface area is 147 Å². The van der Waals surface area contributed by atoms with Crippen molar-refractivity contribution in [3.05, 3.63) is 41.1 Å². The van der Waals surface area contributed by atoms with Gasteiger partial charge in [0.25, 0.3) is 10.0 Å². The van der Waals surface area contributed by atoms with Gasteiger partial charge < -0.3 is 4.74 Å². The molecule has 0 unspecified atom stereocenters. The van der Waals surface area contributed by atoms with Gasteiger partial charge in [0.05, 0.1) is 12.3 Å². The van der Waals surface area contributed by atoms with Crippen LogP contribution >= 0.6 is 0 Å². The third kappa shape index (κ3) is 4.19. The average molecular weight is 365 g/mol. The van der Waals surface area contributed by atoms with E-state index in [0.29, 0.717) is 23.7 Å². The number of nitrogens with zero attached hydrogens (tertiary/aromatic N) is 1. The van der Waals surface area contributed by atoms with E-state index in [1.54, 1.807) is 26.0 Å². The van der Waals surface area contributed by atoms with Crippen molar-refractivity contribution < 1.29 is 17.9 Å². The number of hydrogen-bond donors (Lipinski definition) is 2. The molecule has 0 spiro atoms. The summed E-state index contributed by atoms with van der Waals surface area (Å²) in [7, 11) is -4.02. The fourth-order valence-corrected chi connectivity index (χ4v) is 3.55. The van der Waals surface area contributed by atoms with Crippen LogP contribution in [0.15, 0.2) is 29.3 Å². The molecule has 0 amide bonds. The summed E-state index contributed by atoms with van der Waals surface area (Å²) >= 11 is 0. The molecule has 2 rings (SSSR count). The number of aromatic nitrogens is 2. The summed E-state index contributed by atoms with van der Waals surface area (Å²) in [6.07, 6.45) is 0.430. The standard InChI is InChI=1S/C17H23N3O4S/c1-5-14-15(17(21)24-6-2)16(19-18-14)25(22,23)20-13-9-7-12(8-10-13)11(3)4/h7-11,20H,5-6H2,1-4H3,(H,18,19). The molecule has 0 fully saturated rings. The molecular formula is C17H23N3O4S. The predicted molar refractivity (Wildman–Crippen MR) is 95.3 cm³/mol. The second-order valence-corrected chi connectivity index (χ2v) is 7.44. The number of anilines is 1. The Hall–Kier alpha value is -2.35. The van der Waals surface area contributed by atoms with E-state index < -0.39 is 16.0 Å². The monoisotopic (exact) mass is 365 g/mol. The van der Waals surface area contributed by atoms with Gasteiger partial charge >= 0.3 is 5.97 Å². The van der Waals surface area contributed by atoms with Crippen LogP contribution in [0.3, 0.4) is 0 Å². The van der Waals surface area contributed by atoms with Crippen LogP contribution in [0, 0.1) is 0 Å². The Morgan fingerprint density at radius 3 is 2.40 bits per heavy atom.